The van der Waals surface area contributed by atoms with E-state index in [1.807, 2.05) is 0 Å². The molecule has 0 amide bonds. The molecule has 0 unspecified atom stereocenters. The second kappa shape index (κ2) is 3.82. The maximum atomic E-state index is 2.51. The van der Waals surface area contributed by atoms with Crippen molar-refractivity contribution in [2.75, 3.05) is 0 Å². The van der Waals surface area contributed by atoms with Crippen LogP contribution in [0.2, 0.25) is 13.8 Å². The molecule has 0 aliphatic rings. The van der Waals surface area contributed by atoms with Gasteiger partial charge in [0.15, 0.2) is 0 Å². The second-order valence-corrected chi connectivity index (χ2v) is 19.0. The fourth-order valence-corrected chi connectivity index (χ4v) is 6.11. The Morgan fingerprint density at radius 1 is 1.00 bits per heavy atom. The monoisotopic (exact) mass is 270 g/mol. The molecule has 12 heavy (non-hydrogen) atoms. The Balaban J connectivity index is 2.98. The zero-order chi connectivity index (χ0) is 9.19. The predicted molar refractivity (Wildman–Crippen MR) is 58.7 cm³/mol. The van der Waals surface area contributed by atoms with E-state index < -0.39 is 18.4 Å². The molecule has 1 aromatic carbocycles. The molecule has 0 spiro atoms. The number of benzene rings is 1. The van der Waals surface area contributed by atoms with Crippen LogP contribution in [0.25, 0.3) is 0 Å². The van der Waals surface area contributed by atoms with Gasteiger partial charge in [-0.25, -0.2) is 0 Å². The number of rotatable bonds is 2. The third kappa shape index (κ3) is 2.03. The van der Waals surface area contributed by atoms with Crippen LogP contribution in [0, 0.1) is 0 Å². The molecule has 0 nitrogen and oxygen atoms in total. The van der Waals surface area contributed by atoms with E-state index >= 15 is 0 Å². The van der Waals surface area contributed by atoms with Gasteiger partial charge in [0.1, 0.15) is 0 Å². The molecule has 0 heterocycles. The molecule has 66 valence electrons. The predicted octanol–water partition coefficient (Wildman–Crippen LogP) is 3.01. The van der Waals surface area contributed by atoms with E-state index in [1.54, 1.807) is 3.58 Å². The molecule has 1 heteroatoms. The molecule has 1 rings (SSSR count). The molecule has 0 aliphatic heterocycles. The van der Waals surface area contributed by atoms with Crippen LogP contribution in [0.4, 0.5) is 0 Å². The molecule has 0 aromatic heterocycles. The van der Waals surface area contributed by atoms with E-state index in [0.717, 1.165) is 3.93 Å². The van der Waals surface area contributed by atoms with Crippen LogP contribution in [0.1, 0.15) is 13.8 Å². The third-order valence-electron chi connectivity index (χ3n) is 2.96. The standard InChI is InChI=1S/C6H5.C3H7.2CH3.Sn/c1-2-4-6-5-3-1;1-3-2;;;/h1-5H;3H,1-2H3;2*1H3;. The minimum absolute atomic E-state index is 0.890. The Morgan fingerprint density at radius 3 is 1.92 bits per heavy atom. The normalized spacial score (nSPS) is 12.1. The van der Waals surface area contributed by atoms with Crippen molar-refractivity contribution in [3.8, 4) is 0 Å². The first-order valence-corrected chi connectivity index (χ1v) is 13.4. The summed E-state index contributed by atoms with van der Waals surface area (Å²) in [5.74, 6) is 0. The molecule has 0 saturated heterocycles. The van der Waals surface area contributed by atoms with E-state index in [2.05, 4.69) is 54.1 Å². The van der Waals surface area contributed by atoms with Gasteiger partial charge >= 0.3 is 79.9 Å². The summed E-state index contributed by atoms with van der Waals surface area (Å²) in [4.78, 5) is 5.02. The summed E-state index contributed by atoms with van der Waals surface area (Å²) < 4.78 is 2.53. The van der Waals surface area contributed by atoms with Gasteiger partial charge < -0.3 is 0 Å². The fourth-order valence-electron chi connectivity index (χ4n) is 1.20. The molecule has 0 radical (unpaired) electrons. The van der Waals surface area contributed by atoms with E-state index in [4.69, 9.17) is 0 Å². The Kier molecular flexibility index (Phi) is 3.21. The molecule has 0 saturated carbocycles. The summed E-state index contributed by atoms with van der Waals surface area (Å²) in [6.45, 7) is 4.73. The number of hydrogen-bond acceptors (Lipinski definition) is 0. The van der Waals surface area contributed by atoms with E-state index in [9.17, 15) is 0 Å². The van der Waals surface area contributed by atoms with Crippen molar-refractivity contribution in [1.29, 1.82) is 0 Å². The molecule has 0 atom stereocenters. The average molecular weight is 269 g/mol. The summed E-state index contributed by atoms with van der Waals surface area (Å²) in [7, 11) is 0. The first-order chi connectivity index (χ1) is 5.55. The maximum absolute atomic E-state index is 2.51. The summed E-state index contributed by atoms with van der Waals surface area (Å²) in [5.41, 5.74) is 0. The Labute approximate surface area is 79.9 Å². The van der Waals surface area contributed by atoms with Crippen molar-refractivity contribution in [1.82, 2.24) is 0 Å². The molecular formula is C11H18Sn. The molecule has 0 N–H and O–H groups in total. The average Bonchev–Trinajstić information content (AvgIpc) is 2.06. The van der Waals surface area contributed by atoms with Crippen molar-refractivity contribution < 1.29 is 0 Å². The van der Waals surface area contributed by atoms with Crippen molar-refractivity contribution in [3.05, 3.63) is 30.3 Å². The summed E-state index contributed by atoms with van der Waals surface area (Å²) in [5, 5.41) is 0. The number of hydrogen-bond donors (Lipinski definition) is 0. The molecule has 0 aliphatic carbocycles. The van der Waals surface area contributed by atoms with Crippen LogP contribution < -0.4 is 3.58 Å². The zero-order valence-corrected chi connectivity index (χ0v) is 11.3. The summed E-state index contributed by atoms with van der Waals surface area (Å²) >= 11 is -1.90. The van der Waals surface area contributed by atoms with Gasteiger partial charge in [-0.3, -0.25) is 0 Å². The van der Waals surface area contributed by atoms with Gasteiger partial charge in [-0.2, -0.15) is 0 Å². The van der Waals surface area contributed by atoms with E-state index in [1.165, 1.54) is 0 Å². The minimum atomic E-state index is -1.90. The first kappa shape index (κ1) is 10.1. The van der Waals surface area contributed by atoms with Crippen LogP contribution in [0.15, 0.2) is 30.3 Å². The van der Waals surface area contributed by atoms with Gasteiger partial charge in [-0.1, -0.05) is 0 Å². The van der Waals surface area contributed by atoms with Gasteiger partial charge in [0, 0.05) is 0 Å². The SMILES string of the molecule is C[CH](C)[Sn]([CH3])([CH3])[c]1ccccc1. The van der Waals surface area contributed by atoms with Crippen molar-refractivity contribution in [3.63, 3.8) is 0 Å². The van der Waals surface area contributed by atoms with Crippen molar-refractivity contribution in [2.45, 2.75) is 27.7 Å². The molecule has 0 fully saturated rings. The van der Waals surface area contributed by atoms with Crippen LogP contribution in [-0.2, 0) is 0 Å². The second-order valence-electron chi connectivity index (χ2n) is 4.24. The van der Waals surface area contributed by atoms with Gasteiger partial charge in [0.05, 0.1) is 0 Å². The van der Waals surface area contributed by atoms with E-state index in [0.29, 0.717) is 0 Å². The topological polar surface area (TPSA) is 0 Å². The molecular weight excluding hydrogens is 251 g/mol. The first-order valence-electron chi connectivity index (χ1n) is 4.60. The molecule has 0 bridgehead atoms. The van der Waals surface area contributed by atoms with Gasteiger partial charge in [-0.05, 0) is 0 Å². The van der Waals surface area contributed by atoms with Gasteiger partial charge in [0.2, 0.25) is 0 Å². The quantitative estimate of drug-likeness (QED) is 0.724. The van der Waals surface area contributed by atoms with Crippen molar-refractivity contribution >= 4 is 22.0 Å². The summed E-state index contributed by atoms with van der Waals surface area (Å²) in [6.07, 6.45) is 0. The zero-order valence-electron chi connectivity index (χ0n) is 8.46. The summed E-state index contributed by atoms with van der Waals surface area (Å²) in [6, 6.07) is 11.0. The van der Waals surface area contributed by atoms with Crippen LogP contribution in [0.3, 0.4) is 0 Å². The van der Waals surface area contributed by atoms with Crippen LogP contribution >= 0.6 is 0 Å². The van der Waals surface area contributed by atoms with Crippen LogP contribution in [-0.4, -0.2) is 18.4 Å². The van der Waals surface area contributed by atoms with Gasteiger partial charge in [-0.15, -0.1) is 0 Å². The van der Waals surface area contributed by atoms with Crippen LogP contribution in [0.5, 0.6) is 0 Å². The third-order valence-corrected chi connectivity index (χ3v) is 16.4. The van der Waals surface area contributed by atoms with Gasteiger partial charge in [0.25, 0.3) is 0 Å². The van der Waals surface area contributed by atoms with Crippen molar-refractivity contribution in [2.24, 2.45) is 0 Å². The Bertz CT molecular complexity index is 236. The Hall–Kier alpha value is 0.0187. The fraction of sp³-hybridized carbons (Fsp3) is 0.455. The van der Waals surface area contributed by atoms with E-state index in [-0.39, 0.29) is 0 Å². The molecule has 1 aromatic rings. The Morgan fingerprint density at radius 2 is 1.50 bits per heavy atom.